The van der Waals surface area contributed by atoms with Crippen LogP contribution in [0.1, 0.15) is 43.2 Å². The molecule has 1 unspecified atom stereocenters. The first-order valence-corrected chi connectivity index (χ1v) is 8.04. The molecule has 1 aliphatic rings. The zero-order chi connectivity index (χ0) is 17.6. The van der Waals surface area contributed by atoms with Crippen LogP contribution in [0.15, 0.2) is 35.3 Å². The van der Waals surface area contributed by atoms with Crippen LogP contribution in [0.4, 0.5) is 5.69 Å². The van der Waals surface area contributed by atoms with Crippen LogP contribution in [0, 0.1) is 17.0 Å². The summed E-state index contributed by atoms with van der Waals surface area (Å²) in [6, 6.07) is 5.18. The highest BCUT2D eigenvalue weighted by Crippen LogP contribution is 2.37. The Balaban J connectivity index is 2.05. The largest absolute Gasteiger partial charge is 0.469 e. The molecular formula is C18H22N2O4. The Morgan fingerprint density at radius 2 is 2.12 bits per heavy atom. The van der Waals surface area contributed by atoms with Gasteiger partial charge in [-0.25, -0.2) is 0 Å². The van der Waals surface area contributed by atoms with Crippen LogP contribution < -0.4 is 0 Å². The van der Waals surface area contributed by atoms with Gasteiger partial charge in [0, 0.05) is 24.3 Å². The normalized spacial score (nSPS) is 18.8. The second-order valence-corrected chi connectivity index (χ2v) is 5.96. The predicted octanol–water partition coefficient (Wildman–Crippen LogP) is 3.86. The van der Waals surface area contributed by atoms with Crippen LogP contribution in [-0.2, 0) is 15.1 Å². The third-order valence-corrected chi connectivity index (χ3v) is 4.32. The van der Waals surface area contributed by atoms with Gasteiger partial charge < -0.3 is 4.74 Å². The van der Waals surface area contributed by atoms with Crippen LogP contribution >= 0.6 is 0 Å². The van der Waals surface area contributed by atoms with Gasteiger partial charge in [0.25, 0.3) is 5.69 Å². The zero-order valence-corrected chi connectivity index (χ0v) is 14.0. The molecule has 0 saturated heterocycles. The van der Waals surface area contributed by atoms with Crippen molar-refractivity contribution in [1.29, 1.82) is 0 Å². The molecule has 0 saturated carbocycles. The molecule has 1 aliphatic heterocycles. The Morgan fingerprint density at radius 1 is 1.33 bits per heavy atom. The number of aliphatic imine (C=N–C) groups is 1. The lowest BCUT2D eigenvalue weighted by Gasteiger charge is -2.25. The van der Waals surface area contributed by atoms with E-state index in [1.807, 2.05) is 18.2 Å². The Morgan fingerprint density at radius 3 is 2.71 bits per heavy atom. The number of aryl methyl sites for hydroxylation is 1. The van der Waals surface area contributed by atoms with Crippen molar-refractivity contribution in [2.24, 2.45) is 4.99 Å². The number of unbranched alkanes of at least 4 members (excludes halogenated alkanes) is 2. The van der Waals surface area contributed by atoms with Crippen molar-refractivity contribution < 1.29 is 14.5 Å². The van der Waals surface area contributed by atoms with E-state index in [0.717, 1.165) is 31.2 Å². The van der Waals surface area contributed by atoms with Crippen molar-refractivity contribution in [3.63, 3.8) is 0 Å². The van der Waals surface area contributed by atoms with Gasteiger partial charge in [-0.3, -0.25) is 19.9 Å². The molecule has 0 spiro atoms. The van der Waals surface area contributed by atoms with E-state index in [2.05, 4.69) is 9.73 Å². The van der Waals surface area contributed by atoms with E-state index in [4.69, 9.17) is 0 Å². The number of esters is 1. The molecule has 2 rings (SSSR count). The Hall–Kier alpha value is -2.50. The van der Waals surface area contributed by atoms with E-state index >= 15 is 0 Å². The summed E-state index contributed by atoms with van der Waals surface area (Å²) in [7, 11) is 1.40. The fraction of sp³-hybridized carbons (Fsp3) is 0.444. The average Bonchev–Trinajstić information content (AvgIpc) is 3.04. The van der Waals surface area contributed by atoms with Gasteiger partial charge in [0.05, 0.1) is 12.0 Å². The Bertz CT molecular complexity index is 668. The molecule has 0 aliphatic carbocycles. The average molecular weight is 330 g/mol. The second-order valence-electron chi connectivity index (χ2n) is 5.96. The van der Waals surface area contributed by atoms with Crippen LogP contribution in [0.3, 0.4) is 0 Å². The standard InChI is InChI=1S/C18H22N2O4/c1-14-13-15(8-9-16(14)20(22)23)18(11-6-12-19-18)10-5-3-4-7-17(21)24-2/h6,8-9,11-13H,3-5,7,10H2,1-2H3. The zero-order valence-electron chi connectivity index (χ0n) is 14.0. The van der Waals surface area contributed by atoms with Gasteiger partial charge in [-0.2, -0.15) is 0 Å². The molecule has 6 heteroatoms. The monoisotopic (exact) mass is 330 g/mol. The van der Waals surface area contributed by atoms with Gasteiger partial charge in [0.2, 0.25) is 0 Å². The van der Waals surface area contributed by atoms with E-state index in [1.165, 1.54) is 7.11 Å². The number of methoxy groups -OCH3 is 1. The number of hydrogen-bond donors (Lipinski definition) is 0. The first-order valence-electron chi connectivity index (χ1n) is 8.04. The van der Waals surface area contributed by atoms with Crippen molar-refractivity contribution in [2.45, 2.75) is 44.6 Å². The third kappa shape index (κ3) is 4.07. The number of carbonyl (C=O) groups excluding carboxylic acids is 1. The van der Waals surface area contributed by atoms with E-state index in [0.29, 0.717) is 12.0 Å². The fourth-order valence-corrected chi connectivity index (χ4v) is 2.96. The van der Waals surface area contributed by atoms with Gasteiger partial charge in [-0.1, -0.05) is 18.9 Å². The van der Waals surface area contributed by atoms with Crippen molar-refractivity contribution >= 4 is 17.9 Å². The quantitative estimate of drug-likeness (QED) is 0.314. The van der Waals surface area contributed by atoms with Gasteiger partial charge in [0.1, 0.15) is 5.54 Å². The predicted molar refractivity (Wildman–Crippen MR) is 92.2 cm³/mol. The molecule has 0 aromatic heterocycles. The van der Waals surface area contributed by atoms with Crippen LogP contribution in [0.5, 0.6) is 0 Å². The minimum absolute atomic E-state index is 0.123. The van der Waals surface area contributed by atoms with E-state index in [1.54, 1.807) is 25.3 Å². The lowest BCUT2D eigenvalue weighted by atomic mass is 9.85. The molecular weight excluding hydrogens is 308 g/mol. The van der Waals surface area contributed by atoms with Crippen LogP contribution in [-0.4, -0.2) is 24.2 Å². The molecule has 0 fully saturated rings. The Labute approximate surface area is 141 Å². The van der Waals surface area contributed by atoms with Crippen LogP contribution in [0.25, 0.3) is 0 Å². The van der Waals surface area contributed by atoms with Crippen molar-refractivity contribution in [1.82, 2.24) is 0 Å². The number of benzene rings is 1. The summed E-state index contributed by atoms with van der Waals surface area (Å²) < 4.78 is 4.63. The topological polar surface area (TPSA) is 81.8 Å². The lowest BCUT2D eigenvalue weighted by Crippen LogP contribution is -2.19. The molecule has 128 valence electrons. The third-order valence-electron chi connectivity index (χ3n) is 4.32. The molecule has 0 radical (unpaired) electrons. The number of nitrogens with zero attached hydrogens (tertiary/aromatic N) is 2. The maximum absolute atomic E-state index is 11.1. The molecule has 1 aromatic rings. The summed E-state index contributed by atoms with van der Waals surface area (Å²) in [6.07, 6.45) is 9.55. The number of nitro groups is 1. The highest BCUT2D eigenvalue weighted by molar-refractivity contribution is 5.76. The second kappa shape index (κ2) is 7.86. The Kier molecular flexibility index (Phi) is 5.84. The number of rotatable bonds is 8. The maximum atomic E-state index is 11.1. The summed E-state index contributed by atoms with van der Waals surface area (Å²) in [4.78, 5) is 26.3. The van der Waals surface area contributed by atoms with Gasteiger partial charge in [-0.05, 0) is 43.5 Å². The molecule has 1 atom stereocenters. The van der Waals surface area contributed by atoms with Crippen molar-refractivity contribution in [3.8, 4) is 0 Å². The lowest BCUT2D eigenvalue weighted by molar-refractivity contribution is -0.385. The summed E-state index contributed by atoms with van der Waals surface area (Å²) in [5, 5.41) is 11.0. The van der Waals surface area contributed by atoms with Crippen molar-refractivity contribution in [3.05, 3.63) is 51.6 Å². The molecule has 0 bridgehead atoms. The first-order chi connectivity index (χ1) is 11.5. The summed E-state index contributed by atoms with van der Waals surface area (Å²) in [5.41, 5.74) is 1.27. The molecule has 1 heterocycles. The summed E-state index contributed by atoms with van der Waals surface area (Å²) in [5.74, 6) is -0.186. The highest BCUT2D eigenvalue weighted by atomic mass is 16.6. The van der Waals surface area contributed by atoms with Gasteiger partial charge in [0.15, 0.2) is 0 Å². The van der Waals surface area contributed by atoms with E-state index in [9.17, 15) is 14.9 Å². The minimum Gasteiger partial charge on any atom is -0.469 e. The summed E-state index contributed by atoms with van der Waals surface area (Å²) in [6.45, 7) is 1.74. The molecule has 24 heavy (non-hydrogen) atoms. The van der Waals surface area contributed by atoms with Crippen molar-refractivity contribution in [2.75, 3.05) is 7.11 Å². The minimum atomic E-state index is -0.453. The molecule has 6 nitrogen and oxygen atoms in total. The maximum Gasteiger partial charge on any atom is 0.305 e. The van der Waals surface area contributed by atoms with Crippen LogP contribution in [0.2, 0.25) is 0 Å². The molecule has 0 N–H and O–H groups in total. The smallest absolute Gasteiger partial charge is 0.305 e. The molecule has 1 aromatic carbocycles. The number of hydrogen-bond acceptors (Lipinski definition) is 5. The van der Waals surface area contributed by atoms with E-state index in [-0.39, 0.29) is 16.6 Å². The number of ether oxygens (including phenoxy) is 1. The first kappa shape index (κ1) is 17.8. The molecule has 0 amide bonds. The summed E-state index contributed by atoms with van der Waals surface area (Å²) >= 11 is 0. The number of carbonyl (C=O) groups is 1. The van der Waals surface area contributed by atoms with E-state index < -0.39 is 5.54 Å². The van der Waals surface area contributed by atoms with Gasteiger partial charge in [-0.15, -0.1) is 0 Å². The SMILES string of the molecule is COC(=O)CCCCCC1(c2ccc([N+](=O)[O-])c(C)c2)C=CC=N1. The van der Waals surface area contributed by atoms with Gasteiger partial charge >= 0.3 is 5.97 Å². The number of allylic oxidation sites excluding steroid dienone is 1. The highest BCUT2D eigenvalue weighted by Gasteiger charge is 2.30. The fourth-order valence-electron chi connectivity index (χ4n) is 2.96. The number of nitro benzene ring substituents is 1.